The van der Waals surface area contributed by atoms with Crippen molar-refractivity contribution < 1.29 is 19.8 Å². The molecule has 1 aliphatic heterocycles. The zero-order valence-corrected chi connectivity index (χ0v) is 19.9. The van der Waals surface area contributed by atoms with Crippen molar-refractivity contribution in [2.45, 2.75) is 33.1 Å². The molecular weight excluding hydrogens is 444 g/mol. The summed E-state index contributed by atoms with van der Waals surface area (Å²) in [6.07, 6.45) is 0. The smallest absolute Gasteiger partial charge is 0.337 e. The number of aromatic hydroxyl groups is 1. The second kappa shape index (κ2) is 9.06. The van der Waals surface area contributed by atoms with Gasteiger partial charge in [-0.05, 0) is 42.2 Å². The molecule has 35 heavy (non-hydrogen) atoms. The Bertz CT molecular complexity index is 1370. The van der Waals surface area contributed by atoms with Crippen molar-refractivity contribution in [3.8, 4) is 16.9 Å². The van der Waals surface area contributed by atoms with Gasteiger partial charge in [0.25, 0.3) is 0 Å². The van der Waals surface area contributed by atoms with Crippen LogP contribution in [0.4, 0.5) is 11.4 Å². The van der Waals surface area contributed by atoms with Gasteiger partial charge in [0, 0.05) is 11.1 Å². The number of hydrogen-bond acceptors (Lipinski definition) is 6. The first kappa shape index (κ1) is 23.7. The van der Waals surface area contributed by atoms with Gasteiger partial charge in [0.15, 0.2) is 5.71 Å². The highest BCUT2D eigenvalue weighted by Gasteiger charge is 2.31. The molecule has 4 rings (SSSR count). The third-order valence-electron chi connectivity index (χ3n) is 5.73. The van der Waals surface area contributed by atoms with Gasteiger partial charge in [-0.3, -0.25) is 10.2 Å². The normalized spacial score (nSPS) is 14.9. The topological polar surface area (TPSA) is 115 Å². The summed E-state index contributed by atoms with van der Waals surface area (Å²) in [5, 5.41) is 29.9. The summed E-state index contributed by atoms with van der Waals surface area (Å²) in [5.41, 5.74) is 5.89. The van der Waals surface area contributed by atoms with E-state index in [0.717, 1.165) is 5.56 Å². The van der Waals surface area contributed by atoms with Crippen LogP contribution in [-0.2, 0) is 10.2 Å². The zero-order chi connectivity index (χ0) is 25.3. The van der Waals surface area contributed by atoms with E-state index in [0.29, 0.717) is 22.5 Å². The quantitative estimate of drug-likeness (QED) is 0.441. The summed E-state index contributed by atoms with van der Waals surface area (Å²) in [6, 6.07) is 18.9. The average Bonchev–Trinajstić information content (AvgIpc) is 3.10. The van der Waals surface area contributed by atoms with Gasteiger partial charge in [-0.25, -0.2) is 4.79 Å². The lowest BCUT2D eigenvalue weighted by Crippen LogP contribution is -2.28. The maximum Gasteiger partial charge on any atom is 0.337 e. The summed E-state index contributed by atoms with van der Waals surface area (Å²) in [4.78, 5) is 25.0. The third-order valence-corrected chi connectivity index (χ3v) is 5.73. The van der Waals surface area contributed by atoms with Crippen LogP contribution in [0.5, 0.6) is 5.75 Å². The highest BCUT2D eigenvalue weighted by Crippen LogP contribution is 2.36. The molecule has 0 aliphatic carbocycles. The van der Waals surface area contributed by atoms with Gasteiger partial charge >= 0.3 is 11.9 Å². The zero-order valence-electron chi connectivity index (χ0n) is 19.9. The van der Waals surface area contributed by atoms with Gasteiger partial charge < -0.3 is 10.2 Å². The Morgan fingerprint density at radius 3 is 2.26 bits per heavy atom. The van der Waals surface area contributed by atoms with Crippen LogP contribution in [0.3, 0.4) is 0 Å². The predicted octanol–water partition coefficient (Wildman–Crippen LogP) is 5.25. The van der Waals surface area contributed by atoms with Crippen molar-refractivity contribution >= 4 is 34.7 Å². The van der Waals surface area contributed by atoms with Crippen LogP contribution in [0.2, 0.25) is 0 Å². The number of nitrogens with zero attached hydrogens (tertiary/aromatic N) is 3. The van der Waals surface area contributed by atoms with Crippen LogP contribution in [0, 0.1) is 0 Å². The first-order valence-electron chi connectivity index (χ1n) is 11.1. The highest BCUT2D eigenvalue weighted by atomic mass is 16.4. The molecule has 0 unspecified atom stereocenters. The van der Waals surface area contributed by atoms with Gasteiger partial charge in [0.05, 0.1) is 22.6 Å². The number of phenols is 1. The molecule has 0 spiro atoms. The minimum Gasteiger partial charge on any atom is -0.507 e. The van der Waals surface area contributed by atoms with Crippen LogP contribution >= 0.6 is 0 Å². The maximum atomic E-state index is 13.1. The molecule has 0 aromatic heterocycles. The number of amides is 1. The van der Waals surface area contributed by atoms with Crippen molar-refractivity contribution in [1.29, 1.82) is 0 Å². The van der Waals surface area contributed by atoms with Crippen molar-refractivity contribution in [3.63, 3.8) is 0 Å². The fraction of sp³-hybridized carbons (Fsp3) is 0.185. The van der Waals surface area contributed by atoms with Gasteiger partial charge in [-0.2, -0.15) is 15.2 Å². The van der Waals surface area contributed by atoms with E-state index in [-0.39, 0.29) is 28.1 Å². The first-order valence-corrected chi connectivity index (χ1v) is 11.1. The summed E-state index contributed by atoms with van der Waals surface area (Å²) >= 11 is 0. The van der Waals surface area contributed by atoms with Gasteiger partial charge in [0.1, 0.15) is 5.75 Å². The standard InChI is InChI=1S/C27H26N4O4/c1-16-23(25(33)31(30-16)18-14-12-17(13-15-18)27(2,3)4)28-29-24-20(9-7-10-21(24)26(34)35)19-8-5-6-11-22(19)32/h5-15,29,32H,1-4H3,(H,34,35)/b28-23-. The van der Waals surface area contributed by atoms with E-state index in [9.17, 15) is 19.8 Å². The number of benzene rings is 3. The largest absolute Gasteiger partial charge is 0.507 e. The Balaban J connectivity index is 1.68. The lowest BCUT2D eigenvalue weighted by Gasteiger charge is -2.20. The van der Waals surface area contributed by atoms with Crippen molar-refractivity contribution in [2.24, 2.45) is 10.2 Å². The Kier molecular flexibility index (Phi) is 6.13. The number of anilines is 2. The Morgan fingerprint density at radius 1 is 0.971 bits per heavy atom. The molecule has 0 bridgehead atoms. The fourth-order valence-electron chi connectivity index (χ4n) is 3.79. The number of hydrazone groups is 2. The van der Waals surface area contributed by atoms with Crippen LogP contribution in [0.25, 0.3) is 11.1 Å². The van der Waals surface area contributed by atoms with Gasteiger partial charge in [0.2, 0.25) is 0 Å². The van der Waals surface area contributed by atoms with E-state index in [1.165, 1.54) is 17.1 Å². The molecule has 1 amide bonds. The second-order valence-electron chi connectivity index (χ2n) is 9.22. The molecule has 8 heteroatoms. The van der Waals surface area contributed by atoms with Gasteiger partial charge in [-0.1, -0.05) is 63.2 Å². The molecule has 1 aliphatic rings. The molecule has 0 atom stereocenters. The Labute approximate surface area is 203 Å². The van der Waals surface area contributed by atoms with E-state index >= 15 is 0 Å². The summed E-state index contributed by atoms with van der Waals surface area (Å²) < 4.78 is 0. The molecule has 3 N–H and O–H groups in total. The minimum atomic E-state index is -1.17. The molecule has 0 saturated heterocycles. The number of carbonyl (C=O) groups is 2. The third kappa shape index (κ3) is 4.63. The summed E-state index contributed by atoms with van der Waals surface area (Å²) in [7, 11) is 0. The molecule has 3 aromatic carbocycles. The number of rotatable bonds is 5. The molecule has 0 radical (unpaired) electrons. The molecule has 3 aromatic rings. The number of aromatic carboxylic acids is 1. The number of carbonyl (C=O) groups excluding carboxylic acids is 1. The van der Waals surface area contributed by atoms with Crippen LogP contribution in [0.1, 0.15) is 43.6 Å². The van der Waals surface area contributed by atoms with Crippen LogP contribution in [-0.4, -0.2) is 33.5 Å². The molecular formula is C27H26N4O4. The Morgan fingerprint density at radius 2 is 1.63 bits per heavy atom. The fourth-order valence-corrected chi connectivity index (χ4v) is 3.79. The maximum absolute atomic E-state index is 13.1. The number of para-hydroxylation sites is 2. The van der Waals surface area contributed by atoms with Crippen molar-refractivity contribution in [2.75, 3.05) is 10.4 Å². The van der Waals surface area contributed by atoms with Crippen LogP contribution < -0.4 is 10.4 Å². The van der Waals surface area contributed by atoms with Crippen molar-refractivity contribution in [1.82, 2.24) is 0 Å². The molecule has 0 fully saturated rings. The van der Waals surface area contributed by atoms with E-state index in [1.54, 1.807) is 37.3 Å². The van der Waals surface area contributed by atoms with E-state index < -0.39 is 11.9 Å². The molecule has 178 valence electrons. The highest BCUT2D eigenvalue weighted by molar-refractivity contribution is 6.71. The van der Waals surface area contributed by atoms with Gasteiger partial charge in [-0.15, -0.1) is 0 Å². The number of hydrogen-bond donors (Lipinski definition) is 3. The summed E-state index contributed by atoms with van der Waals surface area (Å²) in [5.74, 6) is -1.62. The number of carboxylic acid groups (broad SMARTS) is 1. The molecule has 8 nitrogen and oxygen atoms in total. The summed E-state index contributed by atoms with van der Waals surface area (Å²) in [6.45, 7) is 8.00. The number of carboxylic acids is 1. The van der Waals surface area contributed by atoms with Crippen LogP contribution in [0.15, 0.2) is 76.9 Å². The minimum absolute atomic E-state index is 0.00898. The van der Waals surface area contributed by atoms with E-state index in [1.807, 2.05) is 24.3 Å². The van der Waals surface area contributed by atoms with Crippen molar-refractivity contribution in [3.05, 3.63) is 77.9 Å². The lowest BCUT2D eigenvalue weighted by molar-refractivity contribution is -0.112. The molecule has 0 saturated carbocycles. The monoisotopic (exact) mass is 470 g/mol. The van der Waals surface area contributed by atoms with E-state index in [2.05, 4.69) is 36.4 Å². The SMILES string of the molecule is CC1=NN(c2ccc(C(C)(C)C)cc2)C(=O)/C1=N\Nc1c(C(=O)O)cccc1-c1ccccc1O. The Hall–Kier alpha value is -4.46. The second-order valence-corrected chi connectivity index (χ2v) is 9.22. The average molecular weight is 471 g/mol. The first-order chi connectivity index (χ1) is 16.6. The lowest BCUT2D eigenvalue weighted by atomic mass is 9.87. The van der Waals surface area contributed by atoms with E-state index in [4.69, 9.17) is 0 Å². The number of nitrogens with one attached hydrogen (secondary N) is 1. The predicted molar refractivity (Wildman–Crippen MR) is 137 cm³/mol. The number of phenolic OH excluding ortho intramolecular Hbond substituents is 1. The molecule has 1 heterocycles.